The van der Waals surface area contributed by atoms with Gasteiger partial charge in [-0.05, 0) is 57.4 Å². The number of anilines is 2. The summed E-state index contributed by atoms with van der Waals surface area (Å²) in [6.07, 6.45) is 3.87. The molecule has 1 aromatic rings. The standard InChI is InChI=1S/C18H26FN3O2/c1-12-9-13(6-7-20-12)18(23)22-14-4-5-17(16(19)10-14)21-11-15-3-2-8-24-15/h4-5,10,12-13,15,20-21H,2-3,6-9,11H2,1H3,(H,22,23)/t12-,13-,15?/m0/s1. The van der Waals surface area contributed by atoms with Crippen molar-refractivity contribution in [2.45, 2.75) is 44.8 Å². The number of benzene rings is 1. The lowest BCUT2D eigenvalue weighted by Gasteiger charge is -2.27. The van der Waals surface area contributed by atoms with Crippen LogP contribution in [-0.2, 0) is 9.53 Å². The van der Waals surface area contributed by atoms with Gasteiger partial charge in [0.05, 0.1) is 11.8 Å². The fourth-order valence-corrected chi connectivity index (χ4v) is 3.38. The molecule has 1 aromatic carbocycles. The van der Waals surface area contributed by atoms with E-state index < -0.39 is 0 Å². The van der Waals surface area contributed by atoms with Crippen LogP contribution in [0.1, 0.15) is 32.6 Å². The lowest BCUT2D eigenvalue weighted by Crippen LogP contribution is -2.40. The number of hydrogen-bond acceptors (Lipinski definition) is 4. The van der Waals surface area contributed by atoms with Crippen molar-refractivity contribution >= 4 is 17.3 Å². The average Bonchev–Trinajstić information content (AvgIpc) is 3.07. The van der Waals surface area contributed by atoms with E-state index in [1.165, 1.54) is 6.07 Å². The summed E-state index contributed by atoms with van der Waals surface area (Å²) in [5.41, 5.74) is 0.949. The van der Waals surface area contributed by atoms with Gasteiger partial charge in [-0.15, -0.1) is 0 Å². The molecule has 2 fully saturated rings. The Bertz CT molecular complexity index is 575. The average molecular weight is 335 g/mol. The van der Waals surface area contributed by atoms with Gasteiger partial charge < -0.3 is 20.7 Å². The van der Waals surface area contributed by atoms with Crippen molar-refractivity contribution < 1.29 is 13.9 Å². The summed E-state index contributed by atoms with van der Waals surface area (Å²) >= 11 is 0. The predicted octanol–water partition coefficient (Wildman–Crippen LogP) is 2.74. The first-order valence-corrected chi connectivity index (χ1v) is 8.81. The van der Waals surface area contributed by atoms with Crippen molar-refractivity contribution in [1.29, 1.82) is 0 Å². The molecule has 1 unspecified atom stereocenters. The van der Waals surface area contributed by atoms with Crippen LogP contribution in [0.3, 0.4) is 0 Å². The van der Waals surface area contributed by atoms with Crippen LogP contribution < -0.4 is 16.0 Å². The maximum Gasteiger partial charge on any atom is 0.227 e. The quantitative estimate of drug-likeness (QED) is 0.774. The van der Waals surface area contributed by atoms with Crippen molar-refractivity contribution in [2.75, 3.05) is 30.3 Å². The smallest absolute Gasteiger partial charge is 0.227 e. The van der Waals surface area contributed by atoms with Crippen molar-refractivity contribution in [3.05, 3.63) is 24.0 Å². The molecule has 0 spiro atoms. The third-order valence-electron chi connectivity index (χ3n) is 4.78. The molecule has 0 aromatic heterocycles. The highest BCUT2D eigenvalue weighted by Gasteiger charge is 2.24. The van der Waals surface area contributed by atoms with Crippen LogP contribution in [0.5, 0.6) is 0 Å². The van der Waals surface area contributed by atoms with Crippen molar-refractivity contribution in [1.82, 2.24) is 5.32 Å². The first kappa shape index (κ1) is 17.2. The Kier molecular flexibility index (Phi) is 5.68. The molecule has 0 radical (unpaired) electrons. The van der Waals surface area contributed by atoms with E-state index >= 15 is 0 Å². The monoisotopic (exact) mass is 335 g/mol. The van der Waals surface area contributed by atoms with Crippen LogP contribution in [0.2, 0.25) is 0 Å². The summed E-state index contributed by atoms with van der Waals surface area (Å²) in [5, 5.41) is 9.25. The molecule has 1 amide bonds. The van der Waals surface area contributed by atoms with Gasteiger partial charge in [-0.1, -0.05) is 0 Å². The molecule has 0 bridgehead atoms. The van der Waals surface area contributed by atoms with Gasteiger partial charge in [-0.2, -0.15) is 0 Å². The summed E-state index contributed by atoms with van der Waals surface area (Å²) in [6.45, 7) is 4.32. The van der Waals surface area contributed by atoms with Crippen molar-refractivity contribution in [3.8, 4) is 0 Å². The Balaban J connectivity index is 1.54. The van der Waals surface area contributed by atoms with Gasteiger partial charge in [0.1, 0.15) is 5.82 Å². The van der Waals surface area contributed by atoms with Crippen LogP contribution in [0.4, 0.5) is 15.8 Å². The van der Waals surface area contributed by atoms with E-state index in [0.717, 1.165) is 38.8 Å². The van der Waals surface area contributed by atoms with E-state index in [4.69, 9.17) is 4.74 Å². The third kappa shape index (κ3) is 4.45. The molecular weight excluding hydrogens is 309 g/mol. The van der Waals surface area contributed by atoms with Gasteiger partial charge >= 0.3 is 0 Å². The third-order valence-corrected chi connectivity index (χ3v) is 4.78. The summed E-state index contributed by atoms with van der Waals surface area (Å²) in [5.74, 6) is -0.395. The van der Waals surface area contributed by atoms with E-state index in [1.54, 1.807) is 12.1 Å². The number of piperidine rings is 1. The molecule has 0 saturated carbocycles. The SMILES string of the molecule is C[C@H]1C[C@@H](C(=O)Nc2ccc(NCC3CCCO3)c(F)c2)CCN1. The first-order valence-electron chi connectivity index (χ1n) is 8.81. The molecule has 3 atom stereocenters. The number of amides is 1. The molecule has 132 valence electrons. The summed E-state index contributed by atoms with van der Waals surface area (Å²) < 4.78 is 19.7. The van der Waals surface area contributed by atoms with E-state index in [-0.39, 0.29) is 23.7 Å². The Morgan fingerprint density at radius 1 is 1.42 bits per heavy atom. The minimum Gasteiger partial charge on any atom is -0.380 e. The Morgan fingerprint density at radius 3 is 3.00 bits per heavy atom. The van der Waals surface area contributed by atoms with Crippen LogP contribution in [-0.4, -0.2) is 37.7 Å². The largest absolute Gasteiger partial charge is 0.380 e. The van der Waals surface area contributed by atoms with Gasteiger partial charge in [0.25, 0.3) is 0 Å². The number of carbonyl (C=O) groups excluding carboxylic acids is 1. The van der Waals surface area contributed by atoms with Crippen molar-refractivity contribution in [2.24, 2.45) is 5.92 Å². The lowest BCUT2D eigenvalue weighted by atomic mass is 9.92. The number of halogens is 1. The molecule has 24 heavy (non-hydrogen) atoms. The molecule has 2 saturated heterocycles. The lowest BCUT2D eigenvalue weighted by molar-refractivity contribution is -0.120. The Hall–Kier alpha value is -1.66. The second kappa shape index (κ2) is 7.94. The van der Waals surface area contributed by atoms with E-state index in [0.29, 0.717) is 24.0 Å². The summed E-state index contributed by atoms with van der Waals surface area (Å²) in [4.78, 5) is 12.3. The molecule has 2 heterocycles. The summed E-state index contributed by atoms with van der Waals surface area (Å²) in [7, 11) is 0. The minimum absolute atomic E-state index is 0.0124. The second-order valence-corrected chi connectivity index (χ2v) is 6.78. The van der Waals surface area contributed by atoms with Crippen LogP contribution in [0, 0.1) is 11.7 Å². The van der Waals surface area contributed by atoms with E-state index in [1.807, 2.05) is 0 Å². The highest BCUT2D eigenvalue weighted by atomic mass is 19.1. The zero-order valence-electron chi connectivity index (χ0n) is 14.1. The molecule has 2 aliphatic heterocycles. The maximum absolute atomic E-state index is 14.2. The number of hydrogen-bond donors (Lipinski definition) is 3. The van der Waals surface area contributed by atoms with Gasteiger partial charge in [-0.3, -0.25) is 4.79 Å². The Morgan fingerprint density at radius 2 is 2.29 bits per heavy atom. The fraction of sp³-hybridized carbons (Fsp3) is 0.611. The molecule has 6 heteroatoms. The molecule has 3 N–H and O–H groups in total. The highest BCUT2D eigenvalue weighted by molar-refractivity contribution is 5.92. The number of carbonyl (C=O) groups is 1. The van der Waals surface area contributed by atoms with Gasteiger partial charge in [-0.25, -0.2) is 4.39 Å². The summed E-state index contributed by atoms with van der Waals surface area (Å²) in [6, 6.07) is 5.13. The Labute approximate surface area is 142 Å². The highest BCUT2D eigenvalue weighted by Crippen LogP contribution is 2.23. The predicted molar refractivity (Wildman–Crippen MR) is 92.7 cm³/mol. The molecule has 5 nitrogen and oxygen atoms in total. The topological polar surface area (TPSA) is 62.4 Å². The molecule has 2 aliphatic rings. The zero-order valence-corrected chi connectivity index (χ0v) is 14.1. The van der Waals surface area contributed by atoms with E-state index in [9.17, 15) is 9.18 Å². The second-order valence-electron chi connectivity index (χ2n) is 6.78. The van der Waals surface area contributed by atoms with Crippen LogP contribution in [0.25, 0.3) is 0 Å². The van der Waals surface area contributed by atoms with Gasteiger partial charge in [0.15, 0.2) is 0 Å². The number of rotatable bonds is 5. The minimum atomic E-state index is -0.357. The van der Waals surface area contributed by atoms with Crippen molar-refractivity contribution in [3.63, 3.8) is 0 Å². The van der Waals surface area contributed by atoms with Gasteiger partial charge in [0, 0.05) is 30.8 Å². The fourth-order valence-electron chi connectivity index (χ4n) is 3.38. The number of nitrogens with one attached hydrogen (secondary N) is 3. The van der Waals surface area contributed by atoms with Crippen LogP contribution in [0.15, 0.2) is 18.2 Å². The van der Waals surface area contributed by atoms with E-state index in [2.05, 4.69) is 22.9 Å². The molecular formula is C18H26FN3O2. The first-order chi connectivity index (χ1) is 11.6. The molecule has 0 aliphatic carbocycles. The number of ether oxygens (including phenoxy) is 1. The normalized spacial score (nSPS) is 27.0. The van der Waals surface area contributed by atoms with Crippen LogP contribution >= 0.6 is 0 Å². The molecule has 3 rings (SSSR count). The maximum atomic E-state index is 14.2. The van der Waals surface area contributed by atoms with Gasteiger partial charge in [0.2, 0.25) is 5.91 Å². The zero-order chi connectivity index (χ0) is 16.9.